The number of hydrogen-bond donors (Lipinski definition) is 2. The Balaban J connectivity index is 1.39. The fourth-order valence-corrected chi connectivity index (χ4v) is 4.97. The van der Waals surface area contributed by atoms with E-state index in [0.29, 0.717) is 18.2 Å². The number of nitrogen functional groups attached to an aromatic ring is 1. The van der Waals surface area contributed by atoms with Crippen molar-refractivity contribution >= 4 is 28.3 Å². The molecule has 0 unspecified atom stereocenters. The van der Waals surface area contributed by atoms with Gasteiger partial charge in [-0.3, -0.25) is 4.79 Å². The molecule has 5 rings (SSSR count). The van der Waals surface area contributed by atoms with Crippen LogP contribution < -0.4 is 11.1 Å². The van der Waals surface area contributed by atoms with Gasteiger partial charge in [0.05, 0.1) is 11.4 Å². The molecule has 0 atom stereocenters. The van der Waals surface area contributed by atoms with E-state index >= 15 is 0 Å². The lowest BCUT2D eigenvalue weighted by Crippen LogP contribution is -2.32. The molecule has 1 aliphatic carbocycles. The Kier molecular flexibility index (Phi) is 5.82. The summed E-state index contributed by atoms with van der Waals surface area (Å²) >= 11 is 0. The Bertz CT molecular complexity index is 1300. The highest BCUT2D eigenvalue weighted by Crippen LogP contribution is 2.38. The number of fused-ring (bicyclic) bond motifs is 1. The van der Waals surface area contributed by atoms with Gasteiger partial charge in [0.2, 0.25) is 5.91 Å². The van der Waals surface area contributed by atoms with Gasteiger partial charge in [0.15, 0.2) is 0 Å². The van der Waals surface area contributed by atoms with Crippen molar-refractivity contribution in [1.82, 2.24) is 14.8 Å². The van der Waals surface area contributed by atoms with Crippen LogP contribution in [0.1, 0.15) is 56.7 Å². The third-order valence-electron chi connectivity index (χ3n) is 6.86. The summed E-state index contributed by atoms with van der Waals surface area (Å²) in [5.74, 6) is 0.941. The van der Waals surface area contributed by atoms with Gasteiger partial charge in [0.25, 0.3) is 0 Å². The number of benzene rings is 2. The zero-order chi connectivity index (χ0) is 23.7. The van der Waals surface area contributed by atoms with Gasteiger partial charge in [-0.15, -0.1) is 0 Å². The number of carbonyl (C=O) groups excluding carboxylic acids is 1. The predicted molar refractivity (Wildman–Crippen MR) is 137 cm³/mol. The molecule has 3 N–H and O–H groups in total. The van der Waals surface area contributed by atoms with E-state index in [0.717, 1.165) is 46.4 Å². The summed E-state index contributed by atoms with van der Waals surface area (Å²) < 4.78 is 1.90. The predicted octanol–water partition coefficient (Wildman–Crippen LogP) is 5.87. The van der Waals surface area contributed by atoms with E-state index in [-0.39, 0.29) is 5.91 Å². The summed E-state index contributed by atoms with van der Waals surface area (Å²) in [6.07, 6.45) is 7.25. The lowest BCUT2D eigenvalue weighted by atomic mass is 9.84. The monoisotopic (exact) mass is 453 g/mol. The molecule has 2 aromatic carbocycles. The molecule has 1 fully saturated rings. The molecule has 34 heavy (non-hydrogen) atoms. The van der Waals surface area contributed by atoms with E-state index in [1.54, 1.807) is 6.20 Å². The fourth-order valence-electron chi connectivity index (χ4n) is 4.97. The molecule has 4 aromatic rings. The van der Waals surface area contributed by atoms with Crippen LogP contribution in [0.15, 0.2) is 66.9 Å². The maximum atomic E-state index is 13.0. The number of aromatic nitrogens is 3. The molecule has 0 aliphatic heterocycles. The molecule has 0 radical (unpaired) electrons. The summed E-state index contributed by atoms with van der Waals surface area (Å²) in [5, 5.41) is 9.15. The summed E-state index contributed by atoms with van der Waals surface area (Å²) in [6.45, 7) is 3.94. The SMILES string of the molecule is CC(C)(Cc1ccccc1)C(=O)Nc1ccc(-n2nc(C3CCCC3)c3ccnc(N)c32)cc1. The molecule has 0 saturated heterocycles. The summed E-state index contributed by atoms with van der Waals surface area (Å²) in [7, 11) is 0. The zero-order valence-corrected chi connectivity index (χ0v) is 19.8. The first-order valence-electron chi connectivity index (χ1n) is 12.0. The van der Waals surface area contributed by atoms with Crippen molar-refractivity contribution < 1.29 is 4.79 Å². The average Bonchev–Trinajstić information content (AvgIpc) is 3.49. The molecular formula is C28H31N5O. The summed E-state index contributed by atoms with van der Waals surface area (Å²) in [4.78, 5) is 17.3. The number of hydrogen-bond acceptors (Lipinski definition) is 4. The van der Waals surface area contributed by atoms with Crippen LogP contribution in [0.3, 0.4) is 0 Å². The number of amides is 1. The maximum Gasteiger partial charge on any atom is 0.230 e. The lowest BCUT2D eigenvalue weighted by Gasteiger charge is -2.24. The highest BCUT2D eigenvalue weighted by molar-refractivity contribution is 5.95. The van der Waals surface area contributed by atoms with Crippen LogP contribution in [0.5, 0.6) is 0 Å². The van der Waals surface area contributed by atoms with Crippen molar-refractivity contribution in [3.05, 3.63) is 78.1 Å². The second kappa shape index (κ2) is 8.93. The first kappa shape index (κ1) is 22.1. The number of anilines is 2. The van der Waals surface area contributed by atoms with Gasteiger partial charge >= 0.3 is 0 Å². The molecular weight excluding hydrogens is 422 g/mol. The Hall–Kier alpha value is -3.67. The zero-order valence-electron chi connectivity index (χ0n) is 19.8. The minimum atomic E-state index is -0.533. The van der Waals surface area contributed by atoms with Crippen molar-refractivity contribution in [2.75, 3.05) is 11.1 Å². The summed E-state index contributed by atoms with van der Waals surface area (Å²) in [5.41, 5.74) is 10.5. The van der Waals surface area contributed by atoms with Crippen LogP contribution >= 0.6 is 0 Å². The Morgan fingerprint density at radius 3 is 2.47 bits per heavy atom. The fraction of sp³-hybridized carbons (Fsp3) is 0.321. The number of pyridine rings is 1. The van der Waals surface area contributed by atoms with Gasteiger partial charge < -0.3 is 11.1 Å². The molecule has 1 saturated carbocycles. The Labute approximate surface area is 200 Å². The topological polar surface area (TPSA) is 85.8 Å². The van der Waals surface area contributed by atoms with E-state index < -0.39 is 5.41 Å². The molecule has 1 amide bonds. The number of nitrogens with zero attached hydrogens (tertiary/aromatic N) is 3. The van der Waals surface area contributed by atoms with Gasteiger partial charge in [-0.1, -0.05) is 57.0 Å². The van der Waals surface area contributed by atoms with Gasteiger partial charge in [-0.25, -0.2) is 9.67 Å². The Morgan fingerprint density at radius 2 is 1.76 bits per heavy atom. The number of carbonyl (C=O) groups is 1. The lowest BCUT2D eigenvalue weighted by molar-refractivity contribution is -0.123. The van der Waals surface area contributed by atoms with Gasteiger partial charge in [0, 0.05) is 28.6 Å². The van der Waals surface area contributed by atoms with E-state index in [4.69, 9.17) is 10.8 Å². The van der Waals surface area contributed by atoms with Crippen LogP contribution in [-0.4, -0.2) is 20.7 Å². The van der Waals surface area contributed by atoms with E-state index in [9.17, 15) is 4.79 Å². The second-order valence-corrected chi connectivity index (χ2v) is 9.92. The van der Waals surface area contributed by atoms with Crippen molar-refractivity contribution in [3.63, 3.8) is 0 Å². The molecule has 6 heteroatoms. The molecule has 0 spiro atoms. The summed E-state index contributed by atoms with van der Waals surface area (Å²) in [6, 6.07) is 19.9. The third kappa shape index (κ3) is 4.28. The first-order chi connectivity index (χ1) is 16.4. The average molecular weight is 454 g/mol. The van der Waals surface area contributed by atoms with Crippen molar-refractivity contribution in [2.24, 2.45) is 5.41 Å². The van der Waals surface area contributed by atoms with Crippen molar-refractivity contribution in [1.29, 1.82) is 0 Å². The first-order valence-corrected chi connectivity index (χ1v) is 12.0. The van der Waals surface area contributed by atoms with Crippen LogP contribution in [0.2, 0.25) is 0 Å². The third-order valence-corrected chi connectivity index (χ3v) is 6.86. The van der Waals surface area contributed by atoms with E-state index in [2.05, 4.69) is 22.4 Å². The van der Waals surface area contributed by atoms with Gasteiger partial charge in [0.1, 0.15) is 11.3 Å². The smallest absolute Gasteiger partial charge is 0.230 e. The van der Waals surface area contributed by atoms with Crippen LogP contribution in [0, 0.1) is 5.41 Å². The minimum Gasteiger partial charge on any atom is -0.382 e. The number of nitrogens with one attached hydrogen (secondary N) is 1. The highest BCUT2D eigenvalue weighted by Gasteiger charge is 2.28. The molecule has 1 aliphatic rings. The maximum absolute atomic E-state index is 13.0. The van der Waals surface area contributed by atoms with Crippen molar-refractivity contribution in [3.8, 4) is 5.69 Å². The molecule has 2 heterocycles. The van der Waals surface area contributed by atoms with Crippen LogP contribution in [0.4, 0.5) is 11.5 Å². The van der Waals surface area contributed by atoms with Gasteiger partial charge in [-0.2, -0.15) is 5.10 Å². The second-order valence-electron chi connectivity index (χ2n) is 9.92. The van der Waals surface area contributed by atoms with Crippen LogP contribution in [-0.2, 0) is 11.2 Å². The minimum absolute atomic E-state index is 0.00870. The highest BCUT2D eigenvalue weighted by atomic mass is 16.2. The molecule has 174 valence electrons. The normalized spacial score (nSPS) is 14.5. The Morgan fingerprint density at radius 1 is 1.06 bits per heavy atom. The molecule has 0 bridgehead atoms. The standard InChI is InChI=1S/C28H31N5O/c1-28(2,18-19-8-4-3-5-9-19)27(34)31-21-12-14-22(15-13-21)33-25-23(16-17-30-26(25)29)24(32-33)20-10-6-7-11-20/h3-5,8-9,12-17,20H,6-7,10-11,18H2,1-2H3,(H2,29,30)(H,31,34). The van der Waals surface area contributed by atoms with Gasteiger partial charge in [-0.05, 0) is 55.2 Å². The molecule has 2 aromatic heterocycles. The van der Waals surface area contributed by atoms with Crippen molar-refractivity contribution in [2.45, 2.75) is 51.9 Å². The van der Waals surface area contributed by atoms with E-state index in [1.165, 1.54) is 12.8 Å². The quantitative estimate of drug-likeness (QED) is 0.382. The largest absolute Gasteiger partial charge is 0.382 e. The van der Waals surface area contributed by atoms with E-state index in [1.807, 2.05) is 67.1 Å². The number of nitrogens with two attached hydrogens (primary N) is 1. The number of rotatable bonds is 6. The molecule has 6 nitrogen and oxygen atoms in total. The van der Waals surface area contributed by atoms with Crippen LogP contribution in [0.25, 0.3) is 16.6 Å².